The summed E-state index contributed by atoms with van der Waals surface area (Å²) >= 11 is 0. The van der Waals surface area contributed by atoms with Crippen molar-refractivity contribution in [2.24, 2.45) is 0 Å². The van der Waals surface area contributed by atoms with E-state index in [1.54, 1.807) is 30.3 Å². The third-order valence-corrected chi connectivity index (χ3v) is 7.30. The summed E-state index contributed by atoms with van der Waals surface area (Å²) in [5, 5.41) is 33.4. The fourth-order valence-electron chi connectivity index (χ4n) is 5.09. The van der Waals surface area contributed by atoms with Gasteiger partial charge in [0, 0.05) is 18.7 Å². The summed E-state index contributed by atoms with van der Waals surface area (Å²) in [5.41, 5.74) is 4.56. The summed E-state index contributed by atoms with van der Waals surface area (Å²) in [5.74, 6) is -2.53. The van der Waals surface area contributed by atoms with Gasteiger partial charge < -0.3 is 35.3 Å². The number of halogens is 1. The Morgan fingerprint density at radius 2 is 2.09 bits per heavy atom. The number of nitrogen functional groups attached to an aromatic ring is 1. The van der Waals surface area contributed by atoms with Gasteiger partial charge in [-0.2, -0.15) is 4.98 Å². The third-order valence-electron chi connectivity index (χ3n) is 7.30. The number of carbonyl (C=O) groups excluding carboxylic acids is 2. The van der Waals surface area contributed by atoms with Gasteiger partial charge in [0.05, 0.1) is 44.0 Å². The zero-order valence-corrected chi connectivity index (χ0v) is 23.8. The van der Waals surface area contributed by atoms with Gasteiger partial charge in [-0.25, -0.2) is 14.1 Å². The Kier molecular flexibility index (Phi) is 7.74. The molecule has 3 aromatic heterocycles. The van der Waals surface area contributed by atoms with Crippen LogP contribution in [0.2, 0.25) is 0 Å². The van der Waals surface area contributed by atoms with Crippen LogP contribution in [0.3, 0.4) is 0 Å². The number of methoxy groups -OCH3 is 1. The van der Waals surface area contributed by atoms with E-state index in [0.29, 0.717) is 16.5 Å². The standard InChI is InChI=1S/C29H27FN8O7/c1-43-28-32-9-8-22(34-28)38-14-19(30)25(35-38)37-10-11-44-23(27(37)41)29(42,15-33-26(40)17-4-2-3-5-20(17)39)13-16-6-7-18-21(12-16)45-36-24(18)31/h2-9,12,14,23,39,42H,10-11,13,15H2,1H3,(H2,31,36)(H,33,40)/t23-,29?/m0/s1. The minimum Gasteiger partial charge on any atom is -0.507 e. The average molecular weight is 619 g/mol. The number of aromatic hydroxyl groups is 1. The molecule has 15 nitrogen and oxygen atoms in total. The molecule has 1 aliphatic heterocycles. The lowest BCUT2D eigenvalue weighted by atomic mass is 9.86. The Balaban J connectivity index is 1.31. The van der Waals surface area contributed by atoms with Crippen LogP contribution < -0.4 is 20.7 Å². The van der Waals surface area contributed by atoms with E-state index in [-0.39, 0.29) is 54.3 Å². The SMILES string of the molecule is COc1nccc(-n2cc(F)c(N3CCO[C@H](C(O)(CNC(=O)c4ccccc4O)Cc4ccc5c(N)noc5c4)C3=O)n2)n1. The molecule has 1 saturated heterocycles. The first kappa shape index (κ1) is 29.5. The minimum absolute atomic E-state index is 0.0367. The number of para-hydroxylation sites is 1. The fourth-order valence-corrected chi connectivity index (χ4v) is 5.09. The Morgan fingerprint density at radius 1 is 1.27 bits per heavy atom. The van der Waals surface area contributed by atoms with Crippen LogP contribution in [-0.4, -0.2) is 85.4 Å². The smallest absolute Gasteiger partial charge is 0.318 e. The van der Waals surface area contributed by atoms with Gasteiger partial charge >= 0.3 is 6.01 Å². The lowest BCUT2D eigenvalue weighted by Crippen LogP contribution is -2.63. The van der Waals surface area contributed by atoms with Crippen molar-refractivity contribution in [1.29, 1.82) is 0 Å². The Hall–Kier alpha value is -5.61. The van der Waals surface area contributed by atoms with E-state index in [2.05, 4.69) is 25.5 Å². The van der Waals surface area contributed by atoms with E-state index in [1.807, 2.05) is 0 Å². The highest BCUT2D eigenvalue weighted by Crippen LogP contribution is 2.30. The molecule has 1 unspecified atom stereocenters. The number of hydrogen-bond acceptors (Lipinski definition) is 12. The number of phenols is 1. The van der Waals surface area contributed by atoms with Crippen LogP contribution >= 0.6 is 0 Å². The second kappa shape index (κ2) is 11.8. The number of fused-ring (bicyclic) bond motifs is 1. The van der Waals surface area contributed by atoms with E-state index < -0.39 is 35.9 Å². The third kappa shape index (κ3) is 5.71. The van der Waals surface area contributed by atoms with Crippen molar-refractivity contribution in [2.75, 3.05) is 37.4 Å². The highest BCUT2D eigenvalue weighted by molar-refractivity contribution is 5.98. The van der Waals surface area contributed by atoms with Gasteiger partial charge in [0.1, 0.15) is 11.4 Å². The molecule has 1 aliphatic rings. The van der Waals surface area contributed by atoms with Gasteiger partial charge in [0.25, 0.3) is 11.8 Å². The molecular formula is C29H27FN8O7. The number of phenolic OH excluding ortho intramolecular Hbond substituents is 1. The molecule has 0 aliphatic carbocycles. The van der Waals surface area contributed by atoms with Crippen LogP contribution in [0, 0.1) is 5.82 Å². The van der Waals surface area contributed by atoms with Crippen LogP contribution in [0.5, 0.6) is 11.8 Å². The molecule has 2 atom stereocenters. The van der Waals surface area contributed by atoms with Gasteiger partial charge in [0.15, 0.2) is 35.0 Å². The van der Waals surface area contributed by atoms with Crippen molar-refractivity contribution < 1.29 is 38.2 Å². The van der Waals surface area contributed by atoms with Crippen molar-refractivity contribution in [1.82, 2.24) is 30.2 Å². The number of aromatic nitrogens is 5. The van der Waals surface area contributed by atoms with Crippen LogP contribution in [-0.2, 0) is 16.0 Å². The maximum absolute atomic E-state index is 15.3. The lowest BCUT2D eigenvalue weighted by molar-refractivity contribution is -0.157. The van der Waals surface area contributed by atoms with Gasteiger partial charge in [-0.05, 0) is 29.8 Å². The van der Waals surface area contributed by atoms with Crippen LogP contribution in [0.4, 0.5) is 16.0 Å². The normalized spacial score (nSPS) is 16.5. The van der Waals surface area contributed by atoms with E-state index in [1.165, 1.54) is 31.5 Å². The lowest BCUT2D eigenvalue weighted by Gasteiger charge is -2.40. The highest BCUT2D eigenvalue weighted by Gasteiger charge is 2.48. The van der Waals surface area contributed by atoms with Crippen LogP contribution in [0.25, 0.3) is 16.8 Å². The predicted octanol–water partition coefficient (Wildman–Crippen LogP) is 1.37. The summed E-state index contributed by atoms with van der Waals surface area (Å²) < 4.78 is 32.5. The van der Waals surface area contributed by atoms with E-state index in [9.17, 15) is 19.8 Å². The molecule has 0 saturated carbocycles. The number of carbonyl (C=O) groups is 2. The summed E-state index contributed by atoms with van der Waals surface area (Å²) in [4.78, 5) is 36.0. The maximum Gasteiger partial charge on any atom is 0.318 e. The molecule has 5 aromatic rings. The van der Waals surface area contributed by atoms with Crippen LogP contribution in [0.15, 0.2) is 65.4 Å². The summed E-state index contributed by atoms with van der Waals surface area (Å²) in [6.07, 6.45) is 0.665. The number of nitrogens with two attached hydrogens (primary N) is 1. The first-order valence-electron chi connectivity index (χ1n) is 13.6. The zero-order valence-electron chi connectivity index (χ0n) is 23.8. The molecule has 232 valence electrons. The highest BCUT2D eigenvalue weighted by atomic mass is 19.1. The van der Waals surface area contributed by atoms with E-state index >= 15 is 4.39 Å². The van der Waals surface area contributed by atoms with Crippen molar-refractivity contribution in [3.63, 3.8) is 0 Å². The number of rotatable bonds is 9. The zero-order chi connectivity index (χ0) is 31.7. The van der Waals surface area contributed by atoms with Gasteiger partial charge in [-0.1, -0.05) is 23.4 Å². The second-order valence-corrected chi connectivity index (χ2v) is 10.3. The molecule has 16 heteroatoms. The molecule has 1 fully saturated rings. The topological polar surface area (TPSA) is 204 Å². The van der Waals surface area contributed by atoms with E-state index in [4.69, 9.17) is 19.7 Å². The predicted molar refractivity (Wildman–Crippen MR) is 155 cm³/mol. The Labute approximate surface area is 254 Å². The molecule has 5 N–H and O–H groups in total. The number of anilines is 2. The molecule has 0 bridgehead atoms. The Morgan fingerprint density at radius 3 is 2.89 bits per heavy atom. The molecular weight excluding hydrogens is 591 g/mol. The van der Waals surface area contributed by atoms with E-state index in [0.717, 1.165) is 15.8 Å². The molecule has 4 heterocycles. The van der Waals surface area contributed by atoms with Gasteiger partial charge in [0.2, 0.25) is 0 Å². The molecule has 0 spiro atoms. The molecule has 2 aromatic carbocycles. The summed E-state index contributed by atoms with van der Waals surface area (Å²) in [7, 11) is 1.38. The molecule has 6 rings (SSSR count). The Bertz CT molecular complexity index is 1900. The van der Waals surface area contributed by atoms with Crippen molar-refractivity contribution in [2.45, 2.75) is 18.1 Å². The minimum atomic E-state index is -2.08. The number of benzene rings is 2. The number of nitrogens with zero attached hydrogens (tertiary/aromatic N) is 6. The maximum atomic E-state index is 15.3. The molecule has 0 radical (unpaired) electrons. The number of aliphatic hydroxyl groups is 1. The fraction of sp³-hybridized carbons (Fsp3) is 0.241. The van der Waals surface area contributed by atoms with Crippen molar-refractivity contribution >= 4 is 34.4 Å². The second-order valence-electron chi connectivity index (χ2n) is 10.3. The van der Waals surface area contributed by atoms with Gasteiger partial charge in [-0.15, -0.1) is 5.10 Å². The first-order valence-corrected chi connectivity index (χ1v) is 13.6. The number of morpholine rings is 1. The molecule has 45 heavy (non-hydrogen) atoms. The average Bonchev–Trinajstić information content (AvgIpc) is 3.62. The van der Waals surface area contributed by atoms with Gasteiger partial charge in [-0.3, -0.25) is 14.5 Å². The number of ether oxygens (including phenoxy) is 2. The molecule has 2 amide bonds. The van der Waals surface area contributed by atoms with Crippen molar-refractivity contribution in [3.05, 3.63) is 77.9 Å². The number of nitrogens with one attached hydrogen (secondary N) is 1. The van der Waals surface area contributed by atoms with Crippen molar-refractivity contribution in [3.8, 4) is 17.6 Å². The monoisotopic (exact) mass is 618 g/mol. The number of amides is 2. The quantitative estimate of drug-likeness (QED) is 0.185. The summed E-state index contributed by atoms with van der Waals surface area (Å²) in [6.45, 7) is -0.643. The number of hydrogen-bond donors (Lipinski definition) is 4. The summed E-state index contributed by atoms with van der Waals surface area (Å²) in [6, 6.07) is 12.3. The largest absolute Gasteiger partial charge is 0.507 e. The van der Waals surface area contributed by atoms with Crippen LogP contribution in [0.1, 0.15) is 15.9 Å². The first-order chi connectivity index (χ1) is 21.7.